The van der Waals surface area contributed by atoms with Gasteiger partial charge in [0.15, 0.2) is 11.0 Å². The Bertz CT molecular complexity index is 823. The predicted octanol–water partition coefficient (Wildman–Crippen LogP) is 5.10. The average Bonchev–Trinajstić information content (AvgIpc) is 2.93. The van der Waals surface area contributed by atoms with Gasteiger partial charge in [0.25, 0.3) is 0 Å². The number of ether oxygens (including phenoxy) is 1. The van der Waals surface area contributed by atoms with Crippen LogP contribution >= 0.6 is 39.3 Å². The minimum Gasteiger partial charge on any atom is -0.486 e. The van der Waals surface area contributed by atoms with Crippen molar-refractivity contribution in [1.82, 2.24) is 14.8 Å². The third-order valence-electron chi connectivity index (χ3n) is 3.36. The fourth-order valence-corrected chi connectivity index (χ4v) is 3.50. The third kappa shape index (κ3) is 4.53. The Morgan fingerprint density at radius 3 is 2.71 bits per heavy atom. The van der Waals surface area contributed by atoms with Crippen LogP contribution in [0.4, 0.5) is 0 Å². The fraction of sp³-hybridized carbons (Fsp3) is 0.176. The average molecular weight is 425 g/mol. The lowest BCUT2D eigenvalue weighted by molar-refractivity contribution is 0.290. The Labute approximate surface area is 158 Å². The Morgan fingerprint density at radius 1 is 1.17 bits per heavy atom. The molecular weight excluding hydrogens is 410 g/mol. The van der Waals surface area contributed by atoms with Gasteiger partial charge in [0.2, 0.25) is 0 Å². The first-order valence-electron chi connectivity index (χ1n) is 7.26. The SMILES string of the molecule is Cn1c(COc2ccc(Cl)cc2)nnc1SCc1cccc(Br)c1. The molecular formula is C17H15BrClN3OS. The van der Waals surface area contributed by atoms with Gasteiger partial charge in [-0.05, 0) is 42.0 Å². The van der Waals surface area contributed by atoms with Crippen LogP contribution in [-0.4, -0.2) is 14.8 Å². The second-order valence-corrected chi connectivity index (χ2v) is 7.41. The molecule has 0 N–H and O–H groups in total. The molecule has 0 saturated carbocycles. The van der Waals surface area contributed by atoms with Crippen molar-refractivity contribution >= 4 is 39.3 Å². The predicted molar refractivity (Wildman–Crippen MR) is 100 cm³/mol. The summed E-state index contributed by atoms with van der Waals surface area (Å²) in [6.07, 6.45) is 0. The summed E-state index contributed by atoms with van der Waals surface area (Å²) in [6.45, 7) is 0.364. The number of nitrogens with zero attached hydrogens (tertiary/aromatic N) is 3. The van der Waals surface area contributed by atoms with E-state index < -0.39 is 0 Å². The maximum atomic E-state index is 5.86. The Kier molecular flexibility index (Phi) is 5.81. The number of aromatic nitrogens is 3. The summed E-state index contributed by atoms with van der Waals surface area (Å²) in [7, 11) is 1.95. The summed E-state index contributed by atoms with van der Waals surface area (Å²) < 4.78 is 8.76. The summed E-state index contributed by atoms with van der Waals surface area (Å²) in [4.78, 5) is 0. The van der Waals surface area contributed by atoms with E-state index >= 15 is 0 Å². The van der Waals surface area contributed by atoms with Crippen molar-refractivity contribution in [1.29, 1.82) is 0 Å². The molecule has 3 rings (SSSR count). The van der Waals surface area contributed by atoms with Gasteiger partial charge >= 0.3 is 0 Å². The van der Waals surface area contributed by atoms with E-state index in [1.807, 2.05) is 35.9 Å². The van der Waals surface area contributed by atoms with Gasteiger partial charge in [-0.2, -0.15) is 0 Å². The molecule has 0 aliphatic carbocycles. The molecule has 0 saturated heterocycles. The van der Waals surface area contributed by atoms with Crippen LogP contribution in [0.25, 0.3) is 0 Å². The standard InChI is InChI=1S/C17H15BrClN3OS/c1-22-16(10-23-15-7-5-14(19)6-8-15)20-21-17(22)24-11-12-3-2-4-13(18)9-12/h2-9H,10-11H2,1H3. The van der Waals surface area contributed by atoms with Crippen molar-refractivity contribution in [3.63, 3.8) is 0 Å². The smallest absolute Gasteiger partial charge is 0.191 e. The van der Waals surface area contributed by atoms with Crippen LogP contribution in [0.15, 0.2) is 58.2 Å². The molecule has 24 heavy (non-hydrogen) atoms. The number of rotatable bonds is 6. The molecule has 0 amide bonds. The summed E-state index contributed by atoms with van der Waals surface area (Å²) in [5.74, 6) is 2.37. The van der Waals surface area contributed by atoms with E-state index in [-0.39, 0.29) is 0 Å². The molecule has 0 atom stereocenters. The third-order valence-corrected chi connectivity index (χ3v) is 5.20. The zero-order chi connectivity index (χ0) is 16.9. The Morgan fingerprint density at radius 2 is 1.96 bits per heavy atom. The molecule has 4 nitrogen and oxygen atoms in total. The summed E-state index contributed by atoms with van der Waals surface area (Å²) in [5, 5.41) is 10.0. The lowest BCUT2D eigenvalue weighted by atomic mass is 10.2. The second-order valence-electron chi connectivity index (χ2n) is 5.12. The van der Waals surface area contributed by atoms with Gasteiger partial charge in [0, 0.05) is 22.3 Å². The molecule has 3 aromatic rings. The van der Waals surface area contributed by atoms with Gasteiger partial charge < -0.3 is 9.30 Å². The van der Waals surface area contributed by atoms with E-state index in [1.54, 1.807) is 23.9 Å². The van der Waals surface area contributed by atoms with E-state index in [0.29, 0.717) is 11.6 Å². The van der Waals surface area contributed by atoms with E-state index in [2.05, 4.69) is 38.3 Å². The van der Waals surface area contributed by atoms with E-state index in [1.165, 1.54) is 5.56 Å². The van der Waals surface area contributed by atoms with Gasteiger partial charge in [-0.3, -0.25) is 0 Å². The molecule has 1 aromatic heterocycles. The first kappa shape index (κ1) is 17.3. The zero-order valence-corrected chi connectivity index (χ0v) is 16.1. The largest absolute Gasteiger partial charge is 0.486 e. The highest BCUT2D eigenvalue weighted by Crippen LogP contribution is 2.23. The molecule has 0 aliphatic heterocycles. The molecule has 0 spiro atoms. The summed E-state index contributed by atoms with van der Waals surface area (Å²) in [5.41, 5.74) is 1.23. The van der Waals surface area contributed by atoms with Gasteiger partial charge in [-0.1, -0.05) is 51.4 Å². The number of halogens is 2. The molecule has 124 valence electrons. The van der Waals surface area contributed by atoms with Gasteiger partial charge in [-0.25, -0.2) is 0 Å². The lowest BCUT2D eigenvalue weighted by Gasteiger charge is -2.07. The highest BCUT2D eigenvalue weighted by atomic mass is 79.9. The van der Waals surface area contributed by atoms with Crippen LogP contribution in [0.3, 0.4) is 0 Å². The first-order chi connectivity index (χ1) is 11.6. The van der Waals surface area contributed by atoms with Crippen molar-refractivity contribution < 1.29 is 4.74 Å². The quantitative estimate of drug-likeness (QED) is 0.516. The van der Waals surface area contributed by atoms with E-state index in [4.69, 9.17) is 16.3 Å². The van der Waals surface area contributed by atoms with Crippen molar-refractivity contribution in [3.05, 3.63) is 69.4 Å². The topological polar surface area (TPSA) is 39.9 Å². The minimum absolute atomic E-state index is 0.364. The molecule has 0 bridgehead atoms. The van der Waals surface area contributed by atoms with Crippen LogP contribution in [-0.2, 0) is 19.4 Å². The maximum Gasteiger partial charge on any atom is 0.191 e. The Hall–Kier alpha value is -1.50. The normalized spacial score (nSPS) is 10.8. The highest BCUT2D eigenvalue weighted by molar-refractivity contribution is 9.10. The van der Waals surface area contributed by atoms with Crippen LogP contribution < -0.4 is 4.74 Å². The molecule has 0 radical (unpaired) electrons. The Balaban J connectivity index is 1.60. The molecule has 0 fully saturated rings. The molecule has 7 heteroatoms. The van der Waals surface area contributed by atoms with Crippen molar-refractivity contribution in [2.45, 2.75) is 17.5 Å². The van der Waals surface area contributed by atoms with Crippen molar-refractivity contribution in [3.8, 4) is 5.75 Å². The van der Waals surface area contributed by atoms with Crippen LogP contribution in [0.1, 0.15) is 11.4 Å². The maximum absolute atomic E-state index is 5.86. The van der Waals surface area contributed by atoms with Crippen molar-refractivity contribution in [2.24, 2.45) is 7.05 Å². The fourth-order valence-electron chi connectivity index (χ4n) is 2.05. The van der Waals surface area contributed by atoms with Gasteiger partial charge in [-0.15, -0.1) is 10.2 Å². The minimum atomic E-state index is 0.364. The van der Waals surface area contributed by atoms with Gasteiger partial charge in [0.1, 0.15) is 12.4 Å². The molecule has 0 aliphatic rings. The van der Waals surface area contributed by atoms with Crippen LogP contribution in [0.2, 0.25) is 5.02 Å². The van der Waals surface area contributed by atoms with E-state index in [9.17, 15) is 0 Å². The summed E-state index contributed by atoms with van der Waals surface area (Å²) in [6, 6.07) is 15.5. The van der Waals surface area contributed by atoms with Crippen molar-refractivity contribution in [2.75, 3.05) is 0 Å². The number of hydrogen-bond donors (Lipinski definition) is 0. The number of hydrogen-bond acceptors (Lipinski definition) is 4. The van der Waals surface area contributed by atoms with Crippen LogP contribution in [0.5, 0.6) is 5.75 Å². The second kappa shape index (κ2) is 8.05. The number of benzene rings is 2. The lowest BCUT2D eigenvalue weighted by Crippen LogP contribution is -2.04. The highest BCUT2D eigenvalue weighted by Gasteiger charge is 2.10. The van der Waals surface area contributed by atoms with E-state index in [0.717, 1.165) is 27.0 Å². The summed E-state index contributed by atoms with van der Waals surface area (Å²) >= 11 is 11.0. The monoisotopic (exact) mass is 423 g/mol. The van der Waals surface area contributed by atoms with Crippen LogP contribution in [0, 0.1) is 0 Å². The zero-order valence-electron chi connectivity index (χ0n) is 12.9. The number of thioether (sulfide) groups is 1. The molecule has 1 heterocycles. The first-order valence-corrected chi connectivity index (χ1v) is 9.41. The molecule has 0 unspecified atom stereocenters. The molecule has 2 aromatic carbocycles. The van der Waals surface area contributed by atoms with Gasteiger partial charge in [0.05, 0.1) is 0 Å².